The molecule has 80 valence electrons. The summed E-state index contributed by atoms with van der Waals surface area (Å²) >= 11 is 3.42. The van der Waals surface area contributed by atoms with E-state index in [0.717, 1.165) is 10.0 Å². The van der Waals surface area contributed by atoms with E-state index in [0.29, 0.717) is 5.69 Å². The summed E-state index contributed by atoms with van der Waals surface area (Å²) in [5.41, 5.74) is 1.52. The molecule has 0 bridgehead atoms. The predicted octanol–water partition coefficient (Wildman–Crippen LogP) is 2.50. The molecule has 0 amide bonds. The van der Waals surface area contributed by atoms with E-state index in [1.807, 2.05) is 24.3 Å². The zero-order valence-electron chi connectivity index (χ0n) is 8.51. The van der Waals surface area contributed by atoms with Gasteiger partial charge in [0.2, 0.25) is 5.82 Å². The Labute approximate surface area is 101 Å². The number of Topliss-reactive ketones (excluding diaryl/α,β-unsaturated/α-hetero) is 1. The maximum atomic E-state index is 11.1. The molecule has 1 aromatic heterocycles. The maximum Gasteiger partial charge on any atom is 0.218 e. The normalized spacial score (nSPS) is 10.1. The predicted molar refractivity (Wildman–Crippen MR) is 63.0 cm³/mol. The lowest BCUT2D eigenvalue weighted by Crippen LogP contribution is -2.03. The SMILES string of the molecule is CC(=O)c1nncc(-c2ccccc2Br)n1. The molecule has 0 saturated carbocycles. The van der Waals surface area contributed by atoms with Gasteiger partial charge < -0.3 is 0 Å². The molecule has 1 aromatic carbocycles. The molecule has 4 nitrogen and oxygen atoms in total. The Balaban J connectivity index is 2.53. The van der Waals surface area contributed by atoms with E-state index in [2.05, 4.69) is 31.1 Å². The van der Waals surface area contributed by atoms with Crippen LogP contribution in [0.25, 0.3) is 11.3 Å². The van der Waals surface area contributed by atoms with Gasteiger partial charge in [-0.3, -0.25) is 4.79 Å². The highest BCUT2D eigenvalue weighted by Crippen LogP contribution is 2.25. The summed E-state index contributed by atoms with van der Waals surface area (Å²) in [5.74, 6) is -0.0605. The van der Waals surface area contributed by atoms with Crippen molar-refractivity contribution in [2.45, 2.75) is 6.92 Å². The minimum Gasteiger partial charge on any atom is -0.291 e. The highest BCUT2D eigenvalue weighted by Gasteiger charge is 2.08. The first-order valence-corrected chi connectivity index (χ1v) is 5.43. The van der Waals surface area contributed by atoms with Crippen molar-refractivity contribution in [3.8, 4) is 11.3 Å². The van der Waals surface area contributed by atoms with Gasteiger partial charge in [-0.05, 0) is 6.07 Å². The topological polar surface area (TPSA) is 55.7 Å². The second-order valence-corrected chi connectivity index (χ2v) is 4.06. The smallest absolute Gasteiger partial charge is 0.218 e. The molecule has 0 aliphatic carbocycles. The summed E-state index contributed by atoms with van der Waals surface area (Å²) in [6.07, 6.45) is 1.53. The van der Waals surface area contributed by atoms with Gasteiger partial charge in [-0.2, -0.15) is 5.10 Å². The van der Waals surface area contributed by atoms with Crippen molar-refractivity contribution in [1.82, 2.24) is 15.2 Å². The number of halogens is 1. The first kappa shape index (κ1) is 10.9. The molecular formula is C11H8BrN3O. The molecule has 0 atom stereocenters. The van der Waals surface area contributed by atoms with Gasteiger partial charge in [-0.15, -0.1) is 5.10 Å². The Hall–Kier alpha value is -1.62. The standard InChI is InChI=1S/C11H8BrN3O/c1-7(16)11-14-10(6-13-15-11)8-4-2-3-5-9(8)12/h2-6H,1H3. The van der Waals surface area contributed by atoms with Crippen molar-refractivity contribution in [2.75, 3.05) is 0 Å². The van der Waals surface area contributed by atoms with Crippen LogP contribution in [0.4, 0.5) is 0 Å². The molecule has 2 aromatic rings. The van der Waals surface area contributed by atoms with Gasteiger partial charge in [-0.1, -0.05) is 34.1 Å². The van der Waals surface area contributed by atoms with Crippen LogP contribution < -0.4 is 0 Å². The molecule has 1 heterocycles. The largest absolute Gasteiger partial charge is 0.291 e. The van der Waals surface area contributed by atoms with Crippen molar-refractivity contribution < 1.29 is 4.79 Å². The van der Waals surface area contributed by atoms with Gasteiger partial charge in [-0.25, -0.2) is 4.98 Å². The molecule has 2 rings (SSSR count). The summed E-state index contributed by atoms with van der Waals surface area (Å²) in [4.78, 5) is 15.3. The summed E-state index contributed by atoms with van der Waals surface area (Å²) in [6, 6.07) is 7.62. The van der Waals surface area contributed by atoms with Gasteiger partial charge >= 0.3 is 0 Å². The Kier molecular flexibility index (Phi) is 3.05. The number of nitrogens with zero attached hydrogens (tertiary/aromatic N) is 3. The second kappa shape index (κ2) is 4.49. The van der Waals surface area contributed by atoms with Gasteiger partial charge in [0.1, 0.15) is 0 Å². The number of carbonyl (C=O) groups excluding carboxylic acids is 1. The third-order valence-electron chi connectivity index (χ3n) is 2.02. The molecule has 0 N–H and O–H groups in total. The monoisotopic (exact) mass is 277 g/mol. The summed E-state index contributed by atoms with van der Waals surface area (Å²) in [7, 11) is 0. The van der Waals surface area contributed by atoms with Gasteiger partial charge in [0, 0.05) is 17.0 Å². The summed E-state index contributed by atoms with van der Waals surface area (Å²) < 4.78 is 0.907. The molecule has 0 spiro atoms. The fourth-order valence-corrected chi connectivity index (χ4v) is 1.74. The Bertz CT molecular complexity index is 542. The molecule has 5 heteroatoms. The van der Waals surface area contributed by atoms with E-state index >= 15 is 0 Å². The average molecular weight is 278 g/mol. The van der Waals surface area contributed by atoms with Crippen LogP contribution in [0, 0.1) is 0 Å². The molecule has 0 saturated heterocycles. The molecule has 0 radical (unpaired) electrons. The van der Waals surface area contributed by atoms with Crippen LogP contribution in [-0.2, 0) is 0 Å². The van der Waals surface area contributed by atoms with Crippen molar-refractivity contribution in [3.63, 3.8) is 0 Å². The van der Waals surface area contributed by atoms with Crippen LogP contribution >= 0.6 is 15.9 Å². The molecule has 0 aliphatic rings. The van der Waals surface area contributed by atoms with Crippen LogP contribution in [0.5, 0.6) is 0 Å². The summed E-state index contributed by atoms with van der Waals surface area (Å²) in [5, 5.41) is 7.44. The molecule has 0 unspecified atom stereocenters. The maximum absolute atomic E-state index is 11.1. The molecule has 16 heavy (non-hydrogen) atoms. The van der Waals surface area contributed by atoms with Crippen LogP contribution in [0.3, 0.4) is 0 Å². The van der Waals surface area contributed by atoms with Crippen LogP contribution in [0.2, 0.25) is 0 Å². The van der Waals surface area contributed by atoms with Crippen molar-refractivity contribution in [2.24, 2.45) is 0 Å². The Morgan fingerprint density at radius 2 is 2.06 bits per heavy atom. The number of hydrogen-bond acceptors (Lipinski definition) is 4. The molecular weight excluding hydrogens is 270 g/mol. The number of ketones is 1. The van der Waals surface area contributed by atoms with Crippen LogP contribution in [0.1, 0.15) is 17.5 Å². The lowest BCUT2D eigenvalue weighted by molar-refractivity contribution is 0.100. The fourth-order valence-electron chi connectivity index (χ4n) is 1.25. The fraction of sp³-hybridized carbons (Fsp3) is 0.0909. The first-order chi connectivity index (χ1) is 7.68. The van der Waals surface area contributed by atoms with E-state index in [9.17, 15) is 4.79 Å². The van der Waals surface area contributed by atoms with Crippen molar-refractivity contribution >= 4 is 21.7 Å². The van der Waals surface area contributed by atoms with Gasteiger partial charge in [0.05, 0.1) is 11.9 Å². The van der Waals surface area contributed by atoms with Gasteiger partial charge in [0.15, 0.2) is 5.78 Å². The Morgan fingerprint density at radius 1 is 1.31 bits per heavy atom. The number of benzene rings is 1. The van der Waals surface area contributed by atoms with Crippen LogP contribution in [0.15, 0.2) is 34.9 Å². The minimum atomic E-state index is -0.193. The highest BCUT2D eigenvalue weighted by atomic mass is 79.9. The van der Waals surface area contributed by atoms with Gasteiger partial charge in [0.25, 0.3) is 0 Å². The van der Waals surface area contributed by atoms with E-state index in [1.54, 1.807) is 0 Å². The number of hydrogen-bond donors (Lipinski definition) is 0. The number of carbonyl (C=O) groups is 1. The molecule has 0 fully saturated rings. The zero-order valence-corrected chi connectivity index (χ0v) is 10.1. The number of aromatic nitrogens is 3. The van der Waals surface area contributed by atoms with Crippen molar-refractivity contribution in [3.05, 3.63) is 40.8 Å². The lowest BCUT2D eigenvalue weighted by atomic mass is 10.2. The minimum absolute atomic E-state index is 0.133. The van der Waals surface area contributed by atoms with E-state index < -0.39 is 0 Å². The highest BCUT2D eigenvalue weighted by molar-refractivity contribution is 9.10. The van der Waals surface area contributed by atoms with E-state index in [1.165, 1.54) is 13.1 Å². The van der Waals surface area contributed by atoms with E-state index in [-0.39, 0.29) is 11.6 Å². The molecule has 0 aliphatic heterocycles. The second-order valence-electron chi connectivity index (χ2n) is 3.20. The first-order valence-electron chi connectivity index (χ1n) is 4.64. The average Bonchev–Trinajstić information content (AvgIpc) is 2.30. The zero-order chi connectivity index (χ0) is 11.5. The Morgan fingerprint density at radius 3 is 2.75 bits per heavy atom. The quantitative estimate of drug-likeness (QED) is 0.792. The van der Waals surface area contributed by atoms with E-state index in [4.69, 9.17) is 0 Å². The lowest BCUT2D eigenvalue weighted by Gasteiger charge is -2.03. The third-order valence-corrected chi connectivity index (χ3v) is 2.72. The van der Waals surface area contributed by atoms with Crippen molar-refractivity contribution in [1.29, 1.82) is 0 Å². The van der Waals surface area contributed by atoms with Crippen LogP contribution in [-0.4, -0.2) is 21.0 Å². The third kappa shape index (κ3) is 2.14. The summed E-state index contributed by atoms with van der Waals surface area (Å²) in [6.45, 7) is 1.42. The number of rotatable bonds is 2.